The average molecular weight is 273 g/mol. The van der Waals surface area contributed by atoms with Crippen LogP contribution in [-0.2, 0) is 9.47 Å². The van der Waals surface area contributed by atoms with Crippen molar-refractivity contribution in [2.24, 2.45) is 0 Å². The molecule has 1 N–H and O–H groups in total. The van der Waals surface area contributed by atoms with Crippen molar-refractivity contribution in [3.8, 4) is 0 Å². The van der Waals surface area contributed by atoms with E-state index < -0.39 is 0 Å². The van der Waals surface area contributed by atoms with Crippen LogP contribution in [0, 0.1) is 0 Å². The Hall–Kier alpha value is -0.970. The first-order valence-electron chi connectivity index (χ1n) is 5.78. The fraction of sp³-hybridized carbons (Fsp3) is 0.538. The Balaban J connectivity index is 2.77. The minimum absolute atomic E-state index is 0.0290. The lowest BCUT2D eigenvalue weighted by Crippen LogP contribution is -2.33. The Morgan fingerprint density at radius 3 is 2.28 bits per heavy atom. The lowest BCUT2D eigenvalue weighted by molar-refractivity contribution is -0.109. The first-order valence-corrected chi connectivity index (χ1v) is 6.16. The molecule has 0 fully saturated rings. The normalized spacial score (nSPS) is 12.6. The summed E-state index contributed by atoms with van der Waals surface area (Å²) in [7, 11) is 7.16. The van der Waals surface area contributed by atoms with Crippen LogP contribution >= 0.6 is 11.6 Å². The number of nitrogens with zero attached hydrogens (tertiary/aromatic N) is 1. The first kappa shape index (κ1) is 15.1. The predicted molar refractivity (Wildman–Crippen MR) is 76.7 cm³/mol. The zero-order valence-electron chi connectivity index (χ0n) is 11.5. The molecule has 1 unspecified atom stereocenters. The zero-order valence-corrected chi connectivity index (χ0v) is 12.3. The maximum absolute atomic E-state index is 6.21. The summed E-state index contributed by atoms with van der Waals surface area (Å²) in [6, 6.07) is 5.89. The van der Waals surface area contributed by atoms with Gasteiger partial charge in [-0.25, -0.2) is 0 Å². The van der Waals surface area contributed by atoms with E-state index in [0.29, 0.717) is 5.02 Å². The maximum Gasteiger partial charge on any atom is 0.176 e. The quantitative estimate of drug-likeness (QED) is 0.808. The van der Waals surface area contributed by atoms with Gasteiger partial charge in [-0.05, 0) is 25.1 Å². The van der Waals surface area contributed by atoms with Crippen molar-refractivity contribution < 1.29 is 9.47 Å². The summed E-state index contributed by atoms with van der Waals surface area (Å²) in [5.74, 6) is 0. The number of hydrogen-bond donors (Lipinski definition) is 1. The van der Waals surface area contributed by atoms with Crippen LogP contribution in [0.4, 0.5) is 11.4 Å². The number of nitrogens with one attached hydrogen (secondary N) is 1. The molecule has 1 aromatic carbocycles. The summed E-state index contributed by atoms with van der Waals surface area (Å²) in [6.45, 7) is 1.99. The van der Waals surface area contributed by atoms with Gasteiger partial charge in [-0.15, -0.1) is 0 Å². The minimum atomic E-state index is -0.294. The van der Waals surface area contributed by atoms with Crippen LogP contribution in [0.15, 0.2) is 18.2 Å². The van der Waals surface area contributed by atoms with Crippen molar-refractivity contribution in [1.29, 1.82) is 0 Å². The Morgan fingerprint density at radius 2 is 1.83 bits per heavy atom. The molecule has 0 saturated carbocycles. The van der Waals surface area contributed by atoms with E-state index in [2.05, 4.69) is 5.32 Å². The van der Waals surface area contributed by atoms with Gasteiger partial charge in [-0.3, -0.25) is 0 Å². The van der Waals surface area contributed by atoms with E-state index in [1.165, 1.54) is 0 Å². The van der Waals surface area contributed by atoms with Gasteiger partial charge in [0.15, 0.2) is 6.29 Å². The van der Waals surface area contributed by atoms with Crippen LogP contribution in [0.3, 0.4) is 0 Å². The van der Waals surface area contributed by atoms with Crippen LogP contribution in [0.5, 0.6) is 0 Å². The molecule has 0 aliphatic heterocycles. The van der Waals surface area contributed by atoms with E-state index in [1.54, 1.807) is 14.2 Å². The van der Waals surface area contributed by atoms with Crippen molar-refractivity contribution >= 4 is 23.0 Å². The third kappa shape index (κ3) is 3.77. The number of halogens is 1. The Labute approximate surface area is 114 Å². The highest BCUT2D eigenvalue weighted by molar-refractivity contribution is 6.33. The highest BCUT2D eigenvalue weighted by Gasteiger charge is 2.15. The van der Waals surface area contributed by atoms with Gasteiger partial charge in [0.25, 0.3) is 0 Å². The van der Waals surface area contributed by atoms with E-state index in [9.17, 15) is 0 Å². The van der Waals surface area contributed by atoms with Gasteiger partial charge >= 0.3 is 0 Å². The van der Waals surface area contributed by atoms with E-state index in [-0.39, 0.29) is 12.3 Å². The topological polar surface area (TPSA) is 33.7 Å². The van der Waals surface area contributed by atoms with Crippen molar-refractivity contribution in [3.05, 3.63) is 23.2 Å². The number of rotatable bonds is 6. The largest absolute Gasteiger partial charge is 0.377 e. The summed E-state index contributed by atoms with van der Waals surface area (Å²) >= 11 is 6.21. The summed E-state index contributed by atoms with van der Waals surface area (Å²) < 4.78 is 10.4. The van der Waals surface area contributed by atoms with E-state index in [4.69, 9.17) is 21.1 Å². The number of benzene rings is 1. The van der Waals surface area contributed by atoms with Crippen LogP contribution in [0.2, 0.25) is 5.02 Å². The summed E-state index contributed by atoms with van der Waals surface area (Å²) in [5.41, 5.74) is 1.93. The fourth-order valence-electron chi connectivity index (χ4n) is 1.79. The lowest BCUT2D eigenvalue weighted by atomic mass is 10.2. The molecule has 1 rings (SSSR count). The molecule has 0 aliphatic rings. The third-order valence-electron chi connectivity index (χ3n) is 2.70. The predicted octanol–water partition coefficient (Wildman–Crippen LogP) is 2.83. The molecule has 1 atom stereocenters. The monoisotopic (exact) mass is 272 g/mol. The molecule has 5 heteroatoms. The fourth-order valence-corrected chi connectivity index (χ4v) is 2.14. The molecule has 4 nitrogen and oxygen atoms in total. The standard InChI is InChI=1S/C13H21ClN2O2/c1-9(13(17-4)18-5)15-10-6-7-12(16(2)3)11(14)8-10/h6-9,13,15H,1-5H3. The highest BCUT2D eigenvalue weighted by Crippen LogP contribution is 2.27. The summed E-state index contributed by atoms with van der Waals surface area (Å²) in [6.07, 6.45) is -0.294. The van der Waals surface area contributed by atoms with Crippen LogP contribution < -0.4 is 10.2 Å². The smallest absolute Gasteiger partial charge is 0.176 e. The number of anilines is 2. The second-order valence-corrected chi connectivity index (χ2v) is 4.74. The van der Waals surface area contributed by atoms with Crippen molar-refractivity contribution in [2.45, 2.75) is 19.3 Å². The molecular formula is C13H21ClN2O2. The molecule has 0 heterocycles. The molecule has 0 saturated heterocycles. The Bertz CT molecular complexity index is 381. The second-order valence-electron chi connectivity index (χ2n) is 4.33. The molecule has 0 aromatic heterocycles. The van der Waals surface area contributed by atoms with Crippen LogP contribution in [0.25, 0.3) is 0 Å². The van der Waals surface area contributed by atoms with Gasteiger partial charge in [-0.1, -0.05) is 11.6 Å². The van der Waals surface area contributed by atoms with Gasteiger partial charge in [0, 0.05) is 34.0 Å². The summed E-state index contributed by atoms with van der Waals surface area (Å²) in [5, 5.41) is 4.01. The highest BCUT2D eigenvalue weighted by atomic mass is 35.5. The molecule has 0 aliphatic carbocycles. The van der Waals surface area contributed by atoms with E-state index >= 15 is 0 Å². The number of ether oxygens (including phenoxy) is 2. The minimum Gasteiger partial charge on any atom is -0.377 e. The maximum atomic E-state index is 6.21. The second kappa shape index (κ2) is 6.83. The van der Waals surface area contributed by atoms with Gasteiger partial charge in [0.2, 0.25) is 0 Å². The molecule has 0 bridgehead atoms. The van der Waals surface area contributed by atoms with Gasteiger partial charge in [0.1, 0.15) is 0 Å². The van der Waals surface area contributed by atoms with Crippen LogP contribution in [-0.4, -0.2) is 40.6 Å². The van der Waals surface area contributed by atoms with Gasteiger partial charge < -0.3 is 19.7 Å². The van der Waals surface area contributed by atoms with Gasteiger partial charge in [0.05, 0.1) is 16.8 Å². The van der Waals surface area contributed by atoms with Crippen LogP contribution in [0.1, 0.15) is 6.92 Å². The molecule has 1 aromatic rings. The molecular weight excluding hydrogens is 252 g/mol. The molecule has 0 amide bonds. The van der Waals surface area contributed by atoms with Crippen molar-refractivity contribution in [1.82, 2.24) is 0 Å². The number of hydrogen-bond acceptors (Lipinski definition) is 4. The number of methoxy groups -OCH3 is 2. The van der Waals surface area contributed by atoms with E-state index in [0.717, 1.165) is 11.4 Å². The summed E-state index contributed by atoms with van der Waals surface area (Å²) in [4.78, 5) is 1.97. The molecule has 0 radical (unpaired) electrons. The third-order valence-corrected chi connectivity index (χ3v) is 3.00. The van der Waals surface area contributed by atoms with E-state index in [1.807, 2.05) is 44.1 Å². The first-order chi connectivity index (χ1) is 8.49. The molecule has 18 heavy (non-hydrogen) atoms. The molecule has 102 valence electrons. The lowest BCUT2D eigenvalue weighted by Gasteiger charge is -2.23. The zero-order chi connectivity index (χ0) is 13.7. The average Bonchev–Trinajstić information content (AvgIpc) is 2.30. The van der Waals surface area contributed by atoms with Crippen molar-refractivity contribution in [2.75, 3.05) is 38.5 Å². The Morgan fingerprint density at radius 1 is 1.22 bits per heavy atom. The van der Waals surface area contributed by atoms with Gasteiger partial charge in [-0.2, -0.15) is 0 Å². The Kier molecular flexibility index (Phi) is 5.72. The van der Waals surface area contributed by atoms with Crippen molar-refractivity contribution in [3.63, 3.8) is 0 Å². The SMILES string of the molecule is COC(OC)C(C)Nc1ccc(N(C)C)c(Cl)c1. The molecule has 0 spiro atoms.